The second kappa shape index (κ2) is 8.74. The summed E-state index contributed by atoms with van der Waals surface area (Å²) in [6, 6.07) is 9.06. The zero-order valence-electron chi connectivity index (χ0n) is 18.6. The summed E-state index contributed by atoms with van der Waals surface area (Å²) in [4.78, 5) is 23.9. The van der Waals surface area contributed by atoms with E-state index < -0.39 is 0 Å². The molecule has 168 valence electrons. The molecule has 0 aliphatic carbocycles. The van der Waals surface area contributed by atoms with Gasteiger partial charge in [-0.25, -0.2) is 4.98 Å². The van der Waals surface area contributed by atoms with Crippen LogP contribution in [0, 0.1) is 6.92 Å². The summed E-state index contributed by atoms with van der Waals surface area (Å²) in [6.07, 6.45) is 7.33. The number of pyridine rings is 2. The number of aromatic amines is 1. The van der Waals surface area contributed by atoms with Crippen LogP contribution in [0.3, 0.4) is 0 Å². The van der Waals surface area contributed by atoms with E-state index in [1.54, 1.807) is 13.2 Å². The van der Waals surface area contributed by atoms with Gasteiger partial charge >= 0.3 is 0 Å². The number of nitrogens with one attached hydrogen (secondary N) is 4. The van der Waals surface area contributed by atoms with E-state index >= 15 is 0 Å². The lowest BCUT2D eigenvalue weighted by Crippen LogP contribution is -2.57. The predicted octanol–water partition coefficient (Wildman–Crippen LogP) is 2.95. The molecule has 2 saturated heterocycles. The highest BCUT2D eigenvalue weighted by Crippen LogP contribution is 2.36. The van der Waals surface area contributed by atoms with Gasteiger partial charge in [0.05, 0.1) is 12.1 Å². The van der Waals surface area contributed by atoms with Crippen LogP contribution in [0.2, 0.25) is 0 Å². The van der Waals surface area contributed by atoms with Crippen molar-refractivity contribution >= 4 is 34.3 Å². The van der Waals surface area contributed by atoms with Crippen LogP contribution in [0.15, 0.2) is 30.5 Å². The van der Waals surface area contributed by atoms with Crippen molar-refractivity contribution in [2.24, 2.45) is 0 Å². The summed E-state index contributed by atoms with van der Waals surface area (Å²) in [7, 11) is 1.71. The van der Waals surface area contributed by atoms with Crippen LogP contribution >= 0.6 is 0 Å². The Morgan fingerprint density at radius 1 is 1.22 bits per heavy atom. The van der Waals surface area contributed by atoms with Gasteiger partial charge in [-0.05, 0) is 44.7 Å². The molecule has 32 heavy (non-hydrogen) atoms. The highest BCUT2D eigenvalue weighted by molar-refractivity contribution is 5.91. The molecule has 1 amide bonds. The number of amides is 1. The van der Waals surface area contributed by atoms with E-state index in [4.69, 9.17) is 4.98 Å². The quantitative estimate of drug-likeness (QED) is 0.472. The van der Waals surface area contributed by atoms with E-state index in [1.165, 1.54) is 6.42 Å². The Bertz CT molecular complexity index is 1100. The Labute approximate surface area is 187 Å². The van der Waals surface area contributed by atoms with Crippen molar-refractivity contribution in [3.8, 4) is 0 Å². The van der Waals surface area contributed by atoms with Gasteiger partial charge < -0.3 is 16.0 Å². The highest BCUT2D eigenvalue weighted by Gasteiger charge is 2.39. The van der Waals surface area contributed by atoms with Gasteiger partial charge in [0, 0.05) is 54.6 Å². The first-order chi connectivity index (χ1) is 15.6. The first-order valence-corrected chi connectivity index (χ1v) is 11.4. The molecule has 0 spiro atoms. The fourth-order valence-corrected chi connectivity index (χ4v) is 5.16. The number of carbonyl (C=O) groups excluding carboxylic acids is 1. The number of piperidine rings is 2. The summed E-state index contributed by atoms with van der Waals surface area (Å²) in [5.41, 5.74) is 1.87. The lowest BCUT2D eigenvalue weighted by Gasteiger charge is -2.48. The monoisotopic (exact) mass is 434 g/mol. The lowest BCUT2D eigenvalue weighted by molar-refractivity contribution is -0.124. The van der Waals surface area contributed by atoms with Gasteiger partial charge in [0.25, 0.3) is 0 Å². The predicted molar refractivity (Wildman–Crippen MR) is 125 cm³/mol. The summed E-state index contributed by atoms with van der Waals surface area (Å²) in [6.45, 7) is 2.46. The first-order valence-electron chi connectivity index (χ1n) is 11.4. The smallest absolute Gasteiger partial charge is 0.233 e. The number of H-pyrrole nitrogens is 1. The maximum Gasteiger partial charge on any atom is 0.233 e. The van der Waals surface area contributed by atoms with Gasteiger partial charge in [0.1, 0.15) is 11.6 Å². The number of rotatable bonds is 6. The van der Waals surface area contributed by atoms with E-state index in [9.17, 15) is 4.79 Å². The van der Waals surface area contributed by atoms with Crippen LogP contribution < -0.4 is 16.0 Å². The minimum Gasteiger partial charge on any atom is -0.367 e. The molecular formula is C23H30N8O. The number of anilines is 3. The maximum absolute atomic E-state index is 12.0. The first kappa shape index (κ1) is 20.7. The molecule has 3 aromatic heterocycles. The summed E-state index contributed by atoms with van der Waals surface area (Å²) < 4.78 is 0. The Morgan fingerprint density at radius 2 is 2.03 bits per heavy atom. The van der Waals surface area contributed by atoms with Crippen molar-refractivity contribution < 1.29 is 4.79 Å². The van der Waals surface area contributed by atoms with Gasteiger partial charge in [0.2, 0.25) is 5.91 Å². The molecule has 4 N–H and O–H groups in total. The van der Waals surface area contributed by atoms with Crippen LogP contribution in [0.4, 0.5) is 17.5 Å². The Hall–Kier alpha value is -3.20. The van der Waals surface area contributed by atoms with Gasteiger partial charge in [-0.1, -0.05) is 6.42 Å². The minimum absolute atomic E-state index is 0.0967. The maximum atomic E-state index is 12.0. The number of hydrogen-bond acceptors (Lipinski definition) is 7. The normalized spacial score (nSPS) is 23.1. The number of aromatic nitrogens is 4. The molecule has 2 aliphatic rings. The molecule has 9 nitrogen and oxygen atoms in total. The van der Waals surface area contributed by atoms with Crippen molar-refractivity contribution in [3.05, 3.63) is 36.2 Å². The minimum atomic E-state index is 0.0967. The van der Waals surface area contributed by atoms with Gasteiger partial charge in [-0.2, -0.15) is 5.10 Å². The van der Waals surface area contributed by atoms with Crippen molar-refractivity contribution in [2.75, 3.05) is 24.2 Å². The SMILES string of the molecule is CNC(=O)CN1C2CCCC1CC(Nc1nc(Nc3cc(C)[nH]n3)cc3ncccc13)C2. The Kier molecular flexibility index (Phi) is 5.65. The molecule has 2 atom stereocenters. The second-order valence-electron chi connectivity index (χ2n) is 8.88. The molecular weight excluding hydrogens is 404 g/mol. The molecule has 3 aromatic rings. The highest BCUT2D eigenvalue weighted by atomic mass is 16.1. The number of likely N-dealkylation sites (N-methyl/N-ethyl adjacent to an activating group) is 1. The molecule has 0 saturated carbocycles. The molecule has 9 heteroatoms. The summed E-state index contributed by atoms with van der Waals surface area (Å²) >= 11 is 0. The number of nitrogens with zero attached hydrogens (tertiary/aromatic N) is 4. The molecule has 2 bridgehead atoms. The zero-order valence-corrected chi connectivity index (χ0v) is 18.6. The zero-order chi connectivity index (χ0) is 22.1. The summed E-state index contributed by atoms with van der Waals surface area (Å²) in [5.74, 6) is 2.38. The largest absolute Gasteiger partial charge is 0.367 e. The fourth-order valence-electron chi connectivity index (χ4n) is 5.16. The molecule has 0 aromatic carbocycles. The third-order valence-electron chi connectivity index (χ3n) is 6.63. The Morgan fingerprint density at radius 3 is 2.75 bits per heavy atom. The number of carbonyl (C=O) groups is 1. The molecule has 2 fully saturated rings. The van der Waals surface area contributed by atoms with E-state index in [1.807, 2.05) is 25.1 Å². The standard InChI is InChI=1S/C23H30N8O/c1-14-9-21(30-29-14)27-20-12-19-18(7-4-8-25-19)23(28-20)26-15-10-16-5-3-6-17(11-15)31(16)13-22(32)24-2/h4,7-9,12,15-17H,3,5-6,10-11,13H2,1-2H3,(H,24,32)(H3,26,27,28,29,30). The van der Waals surface area contributed by atoms with Crippen LogP contribution in [0.25, 0.3) is 10.9 Å². The van der Waals surface area contributed by atoms with Crippen molar-refractivity contribution in [1.82, 2.24) is 30.4 Å². The van der Waals surface area contributed by atoms with Crippen LogP contribution in [0.1, 0.15) is 37.8 Å². The van der Waals surface area contributed by atoms with Crippen LogP contribution in [-0.2, 0) is 4.79 Å². The van der Waals surface area contributed by atoms with Gasteiger partial charge in [0.15, 0.2) is 5.82 Å². The fraction of sp³-hybridized carbons (Fsp3) is 0.478. The van der Waals surface area contributed by atoms with Gasteiger partial charge in [-0.3, -0.25) is 19.8 Å². The average Bonchev–Trinajstić information content (AvgIpc) is 3.18. The van der Waals surface area contributed by atoms with Crippen LogP contribution in [0.5, 0.6) is 0 Å². The van der Waals surface area contributed by atoms with E-state index in [2.05, 4.69) is 42.1 Å². The molecule has 0 radical (unpaired) electrons. The third kappa shape index (κ3) is 4.25. The molecule has 5 heterocycles. The summed E-state index contributed by atoms with van der Waals surface area (Å²) in [5, 5.41) is 18.0. The van der Waals surface area contributed by atoms with Crippen molar-refractivity contribution in [3.63, 3.8) is 0 Å². The number of hydrogen-bond donors (Lipinski definition) is 4. The van der Waals surface area contributed by atoms with E-state index in [0.717, 1.165) is 53.9 Å². The molecule has 5 rings (SSSR count). The molecule has 2 unspecified atom stereocenters. The topological polar surface area (TPSA) is 111 Å². The third-order valence-corrected chi connectivity index (χ3v) is 6.63. The van der Waals surface area contributed by atoms with Crippen LogP contribution in [-0.4, -0.2) is 62.7 Å². The van der Waals surface area contributed by atoms with Gasteiger partial charge in [-0.15, -0.1) is 0 Å². The second-order valence-corrected chi connectivity index (χ2v) is 8.88. The molecule has 2 aliphatic heterocycles. The number of fused-ring (bicyclic) bond motifs is 3. The van der Waals surface area contributed by atoms with Crippen molar-refractivity contribution in [2.45, 2.75) is 57.2 Å². The van der Waals surface area contributed by atoms with Crippen molar-refractivity contribution in [1.29, 1.82) is 0 Å². The Balaban J connectivity index is 1.38. The lowest BCUT2D eigenvalue weighted by atomic mass is 9.81. The number of aryl methyl sites for hydroxylation is 1. The van der Waals surface area contributed by atoms with E-state index in [0.29, 0.717) is 30.5 Å². The average molecular weight is 435 g/mol. The van der Waals surface area contributed by atoms with E-state index in [-0.39, 0.29) is 5.91 Å².